The van der Waals surface area contributed by atoms with Crippen LogP contribution in [0.4, 0.5) is 0 Å². The van der Waals surface area contributed by atoms with Crippen LogP contribution in [-0.2, 0) is 0 Å². The normalized spacial score (nSPS) is 22.9. The molecule has 14 heavy (non-hydrogen) atoms. The van der Waals surface area contributed by atoms with Crippen molar-refractivity contribution in [3.63, 3.8) is 0 Å². The van der Waals surface area contributed by atoms with E-state index in [1.165, 1.54) is 12.8 Å². The summed E-state index contributed by atoms with van der Waals surface area (Å²) in [5.41, 5.74) is -0.392. The zero-order chi connectivity index (χ0) is 10.6. The second-order valence-electron chi connectivity index (χ2n) is 5.28. The third-order valence-corrected chi connectivity index (χ3v) is 3.59. The molecule has 0 aromatic rings. The number of hydrogen-bond donors (Lipinski definition) is 2. The van der Waals surface area contributed by atoms with Gasteiger partial charge in [0, 0.05) is 6.54 Å². The van der Waals surface area contributed by atoms with Crippen molar-refractivity contribution in [2.45, 2.75) is 52.1 Å². The molecule has 2 heteroatoms. The summed E-state index contributed by atoms with van der Waals surface area (Å²) < 4.78 is 0. The smallest absolute Gasteiger partial charge is 0.0771 e. The summed E-state index contributed by atoms with van der Waals surface area (Å²) in [6, 6.07) is 0. The molecule has 1 rings (SSSR count). The fraction of sp³-hybridized carbons (Fsp3) is 1.00. The topological polar surface area (TPSA) is 32.3 Å². The molecule has 84 valence electrons. The zero-order valence-electron chi connectivity index (χ0n) is 9.84. The molecule has 1 atom stereocenters. The SMILES string of the molecule is CC(C)C(C)CNCC1(O)CCCC1. The van der Waals surface area contributed by atoms with Gasteiger partial charge >= 0.3 is 0 Å². The van der Waals surface area contributed by atoms with Crippen LogP contribution in [0.25, 0.3) is 0 Å². The molecule has 1 unspecified atom stereocenters. The van der Waals surface area contributed by atoms with E-state index in [4.69, 9.17) is 0 Å². The lowest BCUT2D eigenvalue weighted by molar-refractivity contribution is 0.0466. The summed E-state index contributed by atoms with van der Waals surface area (Å²) in [5.74, 6) is 1.42. The lowest BCUT2D eigenvalue weighted by Crippen LogP contribution is -2.40. The summed E-state index contributed by atoms with van der Waals surface area (Å²) in [7, 11) is 0. The van der Waals surface area contributed by atoms with Gasteiger partial charge in [-0.1, -0.05) is 33.6 Å². The molecule has 0 aromatic carbocycles. The molecule has 1 fully saturated rings. The Morgan fingerprint density at radius 2 is 1.79 bits per heavy atom. The number of nitrogens with one attached hydrogen (secondary N) is 1. The minimum Gasteiger partial charge on any atom is -0.389 e. The third kappa shape index (κ3) is 3.58. The first-order chi connectivity index (χ1) is 6.53. The van der Waals surface area contributed by atoms with Crippen LogP contribution in [0.3, 0.4) is 0 Å². The molecule has 1 saturated carbocycles. The van der Waals surface area contributed by atoms with Crippen molar-refractivity contribution in [3.8, 4) is 0 Å². The average molecular weight is 199 g/mol. The Morgan fingerprint density at radius 1 is 1.21 bits per heavy atom. The number of rotatable bonds is 5. The fourth-order valence-corrected chi connectivity index (χ4v) is 1.98. The minimum atomic E-state index is -0.392. The van der Waals surface area contributed by atoms with Gasteiger partial charge in [-0.25, -0.2) is 0 Å². The van der Waals surface area contributed by atoms with Gasteiger partial charge < -0.3 is 10.4 Å². The Balaban J connectivity index is 2.14. The van der Waals surface area contributed by atoms with E-state index in [-0.39, 0.29) is 0 Å². The first kappa shape index (κ1) is 12.0. The van der Waals surface area contributed by atoms with E-state index in [2.05, 4.69) is 26.1 Å². The Hall–Kier alpha value is -0.0800. The second-order valence-corrected chi connectivity index (χ2v) is 5.28. The highest BCUT2D eigenvalue weighted by Crippen LogP contribution is 2.28. The summed E-state index contributed by atoms with van der Waals surface area (Å²) >= 11 is 0. The van der Waals surface area contributed by atoms with Gasteiger partial charge in [0.2, 0.25) is 0 Å². The maximum atomic E-state index is 10.1. The summed E-state index contributed by atoms with van der Waals surface area (Å²) in [5, 5.41) is 13.5. The van der Waals surface area contributed by atoms with Gasteiger partial charge in [0.15, 0.2) is 0 Å². The molecule has 1 aliphatic rings. The van der Waals surface area contributed by atoms with Gasteiger partial charge in [0.1, 0.15) is 0 Å². The first-order valence-corrected chi connectivity index (χ1v) is 5.97. The maximum Gasteiger partial charge on any atom is 0.0771 e. The minimum absolute atomic E-state index is 0.392. The Bertz CT molecular complexity index is 162. The summed E-state index contributed by atoms with van der Waals surface area (Å²) in [6.07, 6.45) is 4.35. The molecule has 2 N–H and O–H groups in total. The number of hydrogen-bond acceptors (Lipinski definition) is 2. The molecule has 0 aliphatic heterocycles. The van der Waals surface area contributed by atoms with Gasteiger partial charge in [-0.15, -0.1) is 0 Å². The molecule has 0 aromatic heterocycles. The molecule has 0 amide bonds. The van der Waals surface area contributed by atoms with Crippen molar-refractivity contribution in [2.24, 2.45) is 11.8 Å². The fourth-order valence-electron chi connectivity index (χ4n) is 1.98. The third-order valence-electron chi connectivity index (χ3n) is 3.59. The van der Waals surface area contributed by atoms with Gasteiger partial charge in [0.05, 0.1) is 5.60 Å². The highest BCUT2D eigenvalue weighted by molar-refractivity contribution is 4.86. The quantitative estimate of drug-likeness (QED) is 0.711. The van der Waals surface area contributed by atoms with Crippen molar-refractivity contribution in [1.29, 1.82) is 0 Å². The van der Waals surface area contributed by atoms with Crippen LogP contribution < -0.4 is 5.32 Å². The van der Waals surface area contributed by atoms with Crippen LogP contribution >= 0.6 is 0 Å². The Kier molecular flexibility index (Phi) is 4.39. The molecule has 0 heterocycles. The van der Waals surface area contributed by atoms with Gasteiger partial charge in [-0.05, 0) is 31.2 Å². The van der Waals surface area contributed by atoms with E-state index in [9.17, 15) is 5.11 Å². The van der Waals surface area contributed by atoms with Crippen molar-refractivity contribution in [3.05, 3.63) is 0 Å². The molecular weight excluding hydrogens is 174 g/mol. The maximum absolute atomic E-state index is 10.1. The molecule has 2 nitrogen and oxygen atoms in total. The Labute approximate surface area is 88.1 Å². The van der Waals surface area contributed by atoms with E-state index in [1.54, 1.807) is 0 Å². The van der Waals surface area contributed by atoms with Crippen molar-refractivity contribution < 1.29 is 5.11 Å². The highest BCUT2D eigenvalue weighted by Gasteiger charge is 2.30. The molecule has 0 spiro atoms. The van der Waals surface area contributed by atoms with Crippen LogP contribution in [0.5, 0.6) is 0 Å². The monoisotopic (exact) mass is 199 g/mol. The summed E-state index contributed by atoms with van der Waals surface area (Å²) in [4.78, 5) is 0. The van der Waals surface area contributed by atoms with Crippen molar-refractivity contribution in [2.75, 3.05) is 13.1 Å². The molecular formula is C12H25NO. The molecule has 0 bridgehead atoms. The van der Waals surface area contributed by atoms with Crippen LogP contribution in [0.1, 0.15) is 46.5 Å². The lowest BCUT2D eigenvalue weighted by atomic mass is 9.97. The lowest BCUT2D eigenvalue weighted by Gasteiger charge is -2.24. The van der Waals surface area contributed by atoms with Gasteiger partial charge in [-0.3, -0.25) is 0 Å². The van der Waals surface area contributed by atoms with E-state index in [0.29, 0.717) is 5.92 Å². The first-order valence-electron chi connectivity index (χ1n) is 5.97. The van der Waals surface area contributed by atoms with Gasteiger partial charge in [0.25, 0.3) is 0 Å². The standard InChI is InChI=1S/C12H25NO/c1-10(2)11(3)8-13-9-12(14)6-4-5-7-12/h10-11,13-14H,4-9H2,1-3H3. The highest BCUT2D eigenvalue weighted by atomic mass is 16.3. The average Bonchev–Trinajstić information content (AvgIpc) is 2.52. The second kappa shape index (κ2) is 5.13. The molecule has 0 saturated heterocycles. The van der Waals surface area contributed by atoms with Crippen LogP contribution in [-0.4, -0.2) is 23.8 Å². The molecule has 0 radical (unpaired) electrons. The number of aliphatic hydroxyl groups is 1. The van der Waals surface area contributed by atoms with E-state index in [1.807, 2.05) is 0 Å². The van der Waals surface area contributed by atoms with Gasteiger partial charge in [-0.2, -0.15) is 0 Å². The Morgan fingerprint density at radius 3 is 2.29 bits per heavy atom. The van der Waals surface area contributed by atoms with Crippen molar-refractivity contribution in [1.82, 2.24) is 5.32 Å². The molecule has 1 aliphatic carbocycles. The summed E-state index contributed by atoms with van der Waals surface area (Å²) in [6.45, 7) is 8.56. The van der Waals surface area contributed by atoms with Crippen LogP contribution in [0.15, 0.2) is 0 Å². The van der Waals surface area contributed by atoms with Crippen molar-refractivity contribution >= 4 is 0 Å². The van der Waals surface area contributed by atoms with E-state index >= 15 is 0 Å². The van der Waals surface area contributed by atoms with E-state index in [0.717, 1.165) is 31.8 Å². The predicted octanol–water partition coefficient (Wildman–Crippen LogP) is 2.17. The van der Waals surface area contributed by atoms with Crippen LogP contribution in [0.2, 0.25) is 0 Å². The van der Waals surface area contributed by atoms with E-state index < -0.39 is 5.60 Å². The van der Waals surface area contributed by atoms with Crippen LogP contribution in [0, 0.1) is 11.8 Å². The zero-order valence-corrected chi connectivity index (χ0v) is 9.84. The largest absolute Gasteiger partial charge is 0.389 e. The predicted molar refractivity (Wildman–Crippen MR) is 60.3 cm³/mol.